The lowest BCUT2D eigenvalue weighted by atomic mass is 10.0. The van der Waals surface area contributed by atoms with Crippen molar-refractivity contribution < 1.29 is 26.3 Å². The van der Waals surface area contributed by atoms with Gasteiger partial charge in [-0.15, -0.1) is 13.2 Å². The zero-order chi connectivity index (χ0) is 18.0. The summed E-state index contributed by atoms with van der Waals surface area (Å²) in [7, 11) is -3.26. The van der Waals surface area contributed by atoms with Crippen molar-refractivity contribution in [3.63, 3.8) is 0 Å². The van der Waals surface area contributed by atoms with Crippen LogP contribution in [0.15, 0.2) is 24.3 Å². The lowest BCUT2D eigenvalue weighted by molar-refractivity contribution is -0.274. The Kier molecular flexibility index (Phi) is 5.77. The van der Waals surface area contributed by atoms with Crippen molar-refractivity contribution in [3.8, 4) is 5.75 Å². The Hall–Kier alpha value is -1.32. The molecule has 0 spiro atoms. The van der Waals surface area contributed by atoms with Crippen molar-refractivity contribution in [1.29, 1.82) is 0 Å². The van der Waals surface area contributed by atoms with Crippen molar-refractivity contribution in [2.24, 2.45) is 0 Å². The molecule has 0 bridgehead atoms. The molecular weight excluding hydrogens is 345 g/mol. The second kappa shape index (κ2) is 7.28. The van der Waals surface area contributed by atoms with Crippen molar-refractivity contribution in [3.05, 3.63) is 29.8 Å². The van der Waals surface area contributed by atoms with Crippen molar-refractivity contribution in [2.75, 3.05) is 19.3 Å². The number of alkyl halides is 3. The smallest absolute Gasteiger partial charge is 0.406 e. The van der Waals surface area contributed by atoms with Gasteiger partial charge in [0.15, 0.2) is 0 Å². The molecule has 0 saturated carbocycles. The fraction of sp³-hybridized carbons (Fsp3) is 0.600. The number of nitrogens with zero attached hydrogens (tertiary/aromatic N) is 1. The van der Waals surface area contributed by atoms with Gasteiger partial charge in [-0.2, -0.15) is 0 Å². The van der Waals surface area contributed by atoms with Crippen LogP contribution in [0.1, 0.15) is 31.4 Å². The van der Waals surface area contributed by atoms with Crippen LogP contribution in [0.4, 0.5) is 13.2 Å². The van der Waals surface area contributed by atoms with Gasteiger partial charge in [-0.05, 0) is 44.0 Å². The summed E-state index contributed by atoms with van der Waals surface area (Å²) in [5, 5.41) is 0. The molecule has 2 atom stereocenters. The molecule has 0 aromatic heterocycles. The third-order valence-electron chi connectivity index (χ3n) is 3.98. The molecule has 1 fully saturated rings. The van der Waals surface area contributed by atoms with Crippen LogP contribution in [0, 0.1) is 0 Å². The summed E-state index contributed by atoms with van der Waals surface area (Å²) in [6, 6.07) is 5.59. The van der Waals surface area contributed by atoms with E-state index in [2.05, 4.69) is 14.4 Å². The summed E-state index contributed by atoms with van der Waals surface area (Å²) in [6.45, 7) is 3.32. The molecule has 0 unspecified atom stereocenters. The normalized spacial score (nSPS) is 21.5. The minimum Gasteiger partial charge on any atom is -0.406 e. The maximum atomic E-state index is 12.2. The topological polar surface area (TPSA) is 58.6 Å². The van der Waals surface area contributed by atoms with Gasteiger partial charge < -0.3 is 4.74 Å². The molecule has 0 radical (unpaired) electrons. The van der Waals surface area contributed by atoms with E-state index in [-0.39, 0.29) is 17.8 Å². The van der Waals surface area contributed by atoms with Crippen molar-refractivity contribution in [2.45, 2.75) is 38.2 Å². The van der Waals surface area contributed by atoms with E-state index in [1.165, 1.54) is 12.1 Å². The standard InChI is InChI=1S/C15H21F3N2O3S/c1-11(12-5-7-14(8-6-12)23-15(16,17)18)20-9-3-4-13(10-20)19-24(2,21)22/h5-8,11,13,19H,3-4,9-10H2,1-2H3/t11-,13+/m1/s1. The fourth-order valence-electron chi connectivity index (χ4n) is 2.92. The maximum Gasteiger partial charge on any atom is 0.573 e. The van der Waals surface area contributed by atoms with Gasteiger partial charge in [0.25, 0.3) is 0 Å². The molecule has 1 N–H and O–H groups in total. The molecule has 1 aliphatic heterocycles. The van der Waals surface area contributed by atoms with Crippen LogP contribution in [0.5, 0.6) is 5.75 Å². The van der Waals surface area contributed by atoms with Gasteiger partial charge in [0, 0.05) is 18.6 Å². The van der Waals surface area contributed by atoms with Gasteiger partial charge in [0.2, 0.25) is 10.0 Å². The third-order valence-corrected chi connectivity index (χ3v) is 4.74. The number of nitrogens with one attached hydrogen (secondary N) is 1. The molecular formula is C15H21F3N2O3S. The first-order valence-electron chi connectivity index (χ1n) is 7.60. The van der Waals surface area contributed by atoms with Crippen LogP contribution < -0.4 is 9.46 Å². The van der Waals surface area contributed by atoms with Gasteiger partial charge in [0.1, 0.15) is 5.75 Å². The molecule has 9 heteroatoms. The maximum absolute atomic E-state index is 12.2. The number of rotatable bonds is 5. The Morgan fingerprint density at radius 3 is 2.46 bits per heavy atom. The van der Waals surface area contributed by atoms with E-state index in [0.717, 1.165) is 31.2 Å². The van der Waals surface area contributed by atoms with Gasteiger partial charge >= 0.3 is 6.36 Å². The fourth-order valence-corrected chi connectivity index (χ4v) is 3.71. The number of likely N-dealkylation sites (tertiary alicyclic amines) is 1. The average Bonchev–Trinajstić information content (AvgIpc) is 2.44. The Morgan fingerprint density at radius 1 is 1.29 bits per heavy atom. The Balaban J connectivity index is 2.01. The minimum absolute atomic E-state index is 0.0332. The molecule has 1 saturated heterocycles. The number of hydrogen-bond acceptors (Lipinski definition) is 4. The summed E-state index contributed by atoms with van der Waals surface area (Å²) >= 11 is 0. The lowest BCUT2D eigenvalue weighted by Crippen LogP contribution is -2.47. The highest BCUT2D eigenvalue weighted by atomic mass is 32.2. The van der Waals surface area contributed by atoms with Gasteiger partial charge in [-0.25, -0.2) is 13.1 Å². The quantitative estimate of drug-likeness (QED) is 0.870. The van der Waals surface area contributed by atoms with Crippen LogP contribution in [-0.2, 0) is 10.0 Å². The number of hydrogen-bond donors (Lipinski definition) is 1. The molecule has 136 valence electrons. The SMILES string of the molecule is C[C@H](c1ccc(OC(F)(F)F)cc1)N1CCC[C@H](NS(C)(=O)=O)C1. The molecule has 5 nitrogen and oxygen atoms in total. The molecule has 0 aliphatic carbocycles. The first kappa shape index (κ1) is 19.0. The van der Waals surface area contributed by atoms with E-state index >= 15 is 0 Å². The number of sulfonamides is 1. The molecule has 1 aromatic carbocycles. The summed E-state index contributed by atoms with van der Waals surface area (Å²) < 4.78 is 65.8. The molecule has 0 amide bonds. The number of halogens is 3. The Labute approximate surface area is 139 Å². The summed E-state index contributed by atoms with van der Waals surface area (Å²) in [5.74, 6) is -0.256. The number of ether oxygens (including phenoxy) is 1. The molecule has 1 heterocycles. The molecule has 24 heavy (non-hydrogen) atoms. The van der Waals surface area contributed by atoms with E-state index in [0.29, 0.717) is 6.54 Å². The predicted molar refractivity (Wildman–Crippen MR) is 84.1 cm³/mol. The van der Waals surface area contributed by atoms with E-state index in [1.54, 1.807) is 12.1 Å². The predicted octanol–water partition coefficient (Wildman–Crippen LogP) is 2.66. The lowest BCUT2D eigenvalue weighted by Gasteiger charge is -2.37. The van der Waals surface area contributed by atoms with E-state index in [4.69, 9.17) is 0 Å². The molecule has 1 aliphatic rings. The van der Waals surface area contributed by atoms with Gasteiger partial charge in [-0.1, -0.05) is 12.1 Å². The van der Waals surface area contributed by atoms with Crippen LogP contribution in [0.25, 0.3) is 0 Å². The van der Waals surface area contributed by atoms with Crippen LogP contribution >= 0.6 is 0 Å². The second-order valence-corrected chi connectivity index (χ2v) is 7.80. The highest BCUT2D eigenvalue weighted by molar-refractivity contribution is 7.88. The third kappa shape index (κ3) is 5.95. The highest BCUT2D eigenvalue weighted by Gasteiger charge is 2.31. The summed E-state index contributed by atoms with van der Waals surface area (Å²) in [5.41, 5.74) is 0.851. The largest absolute Gasteiger partial charge is 0.573 e. The van der Waals surface area contributed by atoms with Crippen molar-refractivity contribution in [1.82, 2.24) is 9.62 Å². The van der Waals surface area contributed by atoms with Crippen LogP contribution in [0.3, 0.4) is 0 Å². The van der Waals surface area contributed by atoms with E-state index in [1.807, 2.05) is 6.92 Å². The van der Waals surface area contributed by atoms with Gasteiger partial charge in [0.05, 0.1) is 6.26 Å². The molecule has 2 rings (SSSR count). The van der Waals surface area contributed by atoms with Crippen LogP contribution in [-0.4, -0.2) is 45.1 Å². The first-order chi connectivity index (χ1) is 11.0. The van der Waals surface area contributed by atoms with Gasteiger partial charge in [-0.3, -0.25) is 4.90 Å². The minimum atomic E-state index is -4.70. The zero-order valence-electron chi connectivity index (χ0n) is 13.5. The van der Waals surface area contributed by atoms with Crippen LogP contribution in [0.2, 0.25) is 0 Å². The second-order valence-electron chi connectivity index (χ2n) is 6.02. The summed E-state index contributed by atoms with van der Waals surface area (Å²) in [4.78, 5) is 2.12. The van der Waals surface area contributed by atoms with E-state index in [9.17, 15) is 21.6 Å². The Bertz CT molecular complexity index is 647. The van der Waals surface area contributed by atoms with E-state index < -0.39 is 16.4 Å². The first-order valence-corrected chi connectivity index (χ1v) is 9.50. The average molecular weight is 366 g/mol. The zero-order valence-corrected chi connectivity index (χ0v) is 14.3. The highest BCUT2D eigenvalue weighted by Crippen LogP contribution is 2.28. The monoisotopic (exact) mass is 366 g/mol. The summed E-state index contributed by atoms with van der Waals surface area (Å²) in [6.07, 6.45) is -1.94. The molecule has 1 aromatic rings. The number of piperidine rings is 1. The Morgan fingerprint density at radius 2 is 1.92 bits per heavy atom. The number of benzene rings is 1. The van der Waals surface area contributed by atoms with Crippen molar-refractivity contribution >= 4 is 10.0 Å².